The molecule has 0 aliphatic carbocycles. The van der Waals surface area contributed by atoms with E-state index in [1.165, 1.54) is 0 Å². The highest BCUT2D eigenvalue weighted by Gasteiger charge is 2.10. The van der Waals surface area contributed by atoms with Gasteiger partial charge in [-0.1, -0.05) is 0 Å². The van der Waals surface area contributed by atoms with Crippen molar-refractivity contribution in [1.82, 2.24) is 0 Å². The molecule has 0 aromatic rings. The first-order chi connectivity index (χ1) is 5.79. The number of carbonyl (C=O) groups is 1. The summed E-state index contributed by atoms with van der Waals surface area (Å²) in [5.74, 6) is 0. The van der Waals surface area contributed by atoms with Crippen LogP contribution in [0.4, 0.5) is 4.79 Å². The predicted molar refractivity (Wildman–Crippen MR) is 41.9 cm³/mol. The normalized spacial score (nSPS) is 27.1. The van der Waals surface area contributed by atoms with E-state index in [1.54, 1.807) is 0 Å². The van der Waals surface area contributed by atoms with Gasteiger partial charge in [0.2, 0.25) is 0 Å². The smallest absolute Gasteiger partial charge is 0.434 e. The third kappa shape index (κ3) is 3.57. The van der Waals surface area contributed by atoms with Crippen LogP contribution in [-0.4, -0.2) is 32.1 Å². The number of hydrogen-bond acceptors (Lipinski definition) is 4. The Morgan fingerprint density at radius 2 is 2.00 bits per heavy atom. The van der Waals surface area contributed by atoms with E-state index in [9.17, 15) is 4.79 Å². The van der Waals surface area contributed by atoms with Crippen LogP contribution < -0.4 is 0 Å². The fraction of sp³-hybridized carbons (Fsp3) is 0.875. The molecule has 1 heterocycles. The monoisotopic (exact) mass is 174 g/mol. The van der Waals surface area contributed by atoms with Gasteiger partial charge in [0, 0.05) is 6.61 Å². The van der Waals surface area contributed by atoms with Crippen LogP contribution in [0.1, 0.15) is 19.8 Å². The minimum Gasteiger partial charge on any atom is -0.434 e. The molecule has 1 fully saturated rings. The highest BCUT2D eigenvalue weighted by atomic mass is 16.7. The topological polar surface area (TPSA) is 44.8 Å². The van der Waals surface area contributed by atoms with Crippen LogP contribution in [0.5, 0.6) is 0 Å². The molecule has 0 aromatic carbocycles. The quantitative estimate of drug-likeness (QED) is 0.520. The summed E-state index contributed by atoms with van der Waals surface area (Å²) < 4.78 is 14.8. The first-order valence-corrected chi connectivity index (χ1v) is 4.20. The Bertz CT molecular complexity index is 146. The van der Waals surface area contributed by atoms with Gasteiger partial charge in [0.05, 0.1) is 12.7 Å². The van der Waals surface area contributed by atoms with Gasteiger partial charge in [-0.2, -0.15) is 0 Å². The zero-order valence-corrected chi connectivity index (χ0v) is 7.25. The minimum absolute atomic E-state index is 0.0318. The highest BCUT2D eigenvalue weighted by Crippen LogP contribution is 2.01. The number of hydrogen-bond donors (Lipinski definition) is 0. The molecule has 0 N–H and O–H groups in total. The van der Waals surface area contributed by atoms with Gasteiger partial charge in [0.1, 0.15) is 6.61 Å². The summed E-state index contributed by atoms with van der Waals surface area (Å²) in [6.45, 7) is 3.28. The maximum atomic E-state index is 10.7. The highest BCUT2D eigenvalue weighted by molar-refractivity contribution is 5.59. The Labute approximate surface area is 71.8 Å². The summed E-state index contributed by atoms with van der Waals surface area (Å²) in [5.41, 5.74) is 0. The van der Waals surface area contributed by atoms with E-state index in [1.807, 2.05) is 6.92 Å². The molecule has 0 spiro atoms. The van der Waals surface area contributed by atoms with Crippen LogP contribution in [0, 0.1) is 0 Å². The van der Waals surface area contributed by atoms with E-state index in [0.29, 0.717) is 13.2 Å². The summed E-state index contributed by atoms with van der Waals surface area (Å²) in [6, 6.07) is 0. The number of rotatable bonds is 0. The van der Waals surface area contributed by atoms with Crippen LogP contribution in [0.3, 0.4) is 0 Å². The Balaban J connectivity index is 2.27. The lowest BCUT2D eigenvalue weighted by Crippen LogP contribution is -2.22. The second kappa shape index (κ2) is 4.98. The molecule has 0 radical (unpaired) electrons. The molecule has 0 saturated carbocycles. The fourth-order valence-corrected chi connectivity index (χ4v) is 0.919. The lowest BCUT2D eigenvalue weighted by Gasteiger charge is -2.15. The lowest BCUT2D eigenvalue weighted by atomic mass is 10.3. The molecule has 70 valence electrons. The molecule has 1 unspecified atom stereocenters. The fourth-order valence-electron chi connectivity index (χ4n) is 0.919. The predicted octanol–water partition coefficient (Wildman–Crippen LogP) is 1.34. The molecule has 4 nitrogen and oxygen atoms in total. The van der Waals surface area contributed by atoms with E-state index in [-0.39, 0.29) is 12.7 Å². The van der Waals surface area contributed by atoms with Crippen LogP contribution in [0.15, 0.2) is 0 Å². The molecule has 0 bridgehead atoms. The lowest BCUT2D eigenvalue weighted by molar-refractivity contribution is -0.0207. The van der Waals surface area contributed by atoms with Gasteiger partial charge in [-0.15, -0.1) is 0 Å². The zero-order chi connectivity index (χ0) is 8.81. The molecule has 1 aliphatic heterocycles. The van der Waals surface area contributed by atoms with Crippen LogP contribution in [0.2, 0.25) is 0 Å². The molecule has 1 aliphatic rings. The van der Waals surface area contributed by atoms with Gasteiger partial charge in [-0.25, -0.2) is 4.79 Å². The standard InChI is InChI=1S/C8H14O4/c1-7-6-12-8(9)11-5-3-2-4-10-7/h7H,2-6H2,1H3. The van der Waals surface area contributed by atoms with Crippen molar-refractivity contribution in [2.45, 2.75) is 25.9 Å². The van der Waals surface area contributed by atoms with Crippen molar-refractivity contribution < 1.29 is 19.0 Å². The van der Waals surface area contributed by atoms with Gasteiger partial charge in [0.15, 0.2) is 0 Å². The Kier molecular flexibility index (Phi) is 3.87. The van der Waals surface area contributed by atoms with Gasteiger partial charge in [-0.3, -0.25) is 0 Å². The average Bonchev–Trinajstić information content (AvgIpc) is 2.07. The Morgan fingerprint density at radius 1 is 1.25 bits per heavy atom. The number of ether oxygens (including phenoxy) is 3. The van der Waals surface area contributed by atoms with Gasteiger partial charge >= 0.3 is 6.16 Å². The van der Waals surface area contributed by atoms with Crippen molar-refractivity contribution in [3.8, 4) is 0 Å². The Morgan fingerprint density at radius 3 is 2.83 bits per heavy atom. The molecular formula is C8H14O4. The maximum Gasteiger partial charge on any atom is 0.508 e. The summed E-state index contributed by atoms with van der Waals surface area (Å²) in [4.78, 5) is 10.7. The van der Waals surface area contributed by atoms with Crippen molar-refractivity contribution in [3.63, 3.8) is 0 Å². The molecule has 1 saturated heterocycles. The van der Waals surface area contributed by atoms with Crippen molar-refractivity contribution in [3.05, 3.63) is 0 Å². The first-order valence-electron chi connectivity index (χ1n) is 4.20. The van der Waals surface area contributed by atoms with Crippen molar-refractivity contribution >= 4 is 6.16 Å². The molecule has 1 atom stereocenters. The summed E-state index contributed by atoms with van der Waals surface area (Å²) >= 11 is 0. The summed E-state index contributed by atoms with van der Waals surface area (Å²) in [5, 5.41) is 0. The number of cyclic esters (lactones) is 2. The zero-order valence-electron chi connectivity index (χ0n) is 7.25. The second-order valence-corrected chi connectivity index (χ2v) is 2.80. The SMILES string of the molecule is CC1COC(=O)OCCCCO1. The number of carbonyl (C=O) groups excluding carboxylic acids is 1. The van der Waals surface area contributed by atoms with E-state index in [4.69, 9.17) is 14.2 Å². The average molecular weight is 174 g/mol. The molecule has 0 aromatic heterocycles. The van der Waals surface area contributed by atoms with Crippen molar-refractivity contribution in [1.29, 1.82) is 0 Å². The van der Waals surface area contributed by atoms with Crippen molar-refractivity contribution in [2.24, 2.45) is 0 Å². The van der Waals surface area contributed by atoms with Crippen LogP contribution in [0.25, 0.3) is 0 Å². The van der Waals surface area contributed by atoms with E-state index in [2.05, 4.69) is 0 Å². The third-order valence-electron chi connectivity index (χ3n) is 1.60. The van der Waals surface area contributed by atoms with E-state index in [0.717, 1.165) is 12.8 Å². The third-order valence-corrected chi connectivity index (χ3v) is 1.60. The van der Waals surface area contributed by atoms with Gasteiger partial charge in [-0.05, 0) is 19.8 Å². The molecule has 0 amide bonds. The van der Waals surface area contributed by atoms with Gasteiger partial charge in [0.25, 0.3) is 0 Å². The molecule has 4 heteroatoms. The van der Waals surface area contributed by atoms with E-state index < -0.39 is 6.16 Å². The maximum absolute atomic E-state index is 10.7. The van der Waals surface area contributed by atoms with E-state index >= 15 is 0 Å². The van der Waals surface area contributed by atoms with Crippen LogP contribution in [-0.2, 0) is 14.2 Å². The largest absolute Gasteiger partial charge is 0.508 e. The second-order valence-electron chi connectivity index (χ2n) is 2.80. The summed E-state index contributed by atoms with van der Waals surface area (Å²) in [7, 11) is 0. The van der Waals surface area contributed by atoms with Gasteiger partial charge < -0.3 is 14.2 Å². The molecule has 1 rings (SSSR count). The minimum atomic E-state index is -0.590. The van der Waals surface area contributed by atoms with Crippen molar-refractivity contribution in [2.75, 3.05) is 19.8 Å². The summed E-state index contributed by atoms with van der Waals surface area (Å²) in [6.07, 6.45) is 1.14. The first kappa shape index (κ1) is 9.32. The molecule has 12 heavy (non-hydrogen) atoms. The Hall–Kier alpha value is -0.770. The molecular weight excluding hydrogens is 160 g/mol. The van der Waals surface area contributed by atoms with Crippen LogP contribution >= 0.6 is 0 Å².